The van der Waals surface area contributed by atoms with Crippen LogP contribution in [0.3, 0.4) is 0 Å². The molecule has 0 atom stereocenters. The molecule has 0 saturated carbocycles. The van der Waals surface area contributed by atoms with Gasteiger partial charge in [-0.25, -0.2) is 0 Å². The van der Waals surface area contributed by atoms with Crippen LogP contribution in [0.15, 0.2) is 36.4 Å². The number of rotatable bonds is 2. The molecule has 1 fully saturated rings. The number of hydrogen-bond acceptors (Lipinski definition) is 3. The summed E-state index contributed by atoms with van der Waals surface area (Å²) in [4.78, 5) is 0. The summed E-state index contributed by atoms with van der Waals surface area (Å²) in [6, 6.07) is 12.3. The van der Waals surface area contributed by atoms with Crippen molar-refractivity contribution in [2.24, 2.45) is 0 Å². The van der Waals surface area contributed by atoms with Gasteiger partial charge in [-0.15, -0.1) is 0 Å². The van der Waals surface area contributed by atoms with E-state index in [0.717, 1.165) is 22.0 Å². The Hall–Kier alpha value is -1.52. The van der Waals surface area contributed by atoms with E-state index in [1.807, 2.05) is 18.2 Å². The predicted molar refractivity (Wildman–Crippen MR) is 86.2 cm³/mol. The zero-order valence-electron chi connectivity index (χ0n) is 13.3. The molecule has 0 spiro atoms. The summed E-state index contributed by atoms with van der Waals surface area (Å²) >= 11 is 0. The molecule has 0 aromatic heterocycles. The maximum atomic E-state index is 6.10. The Labute approximate surface area is 126 Å². The summed E-state index contributed by atoms with van der Waals surface area (Å²) < 4.78 is 17.6. The first-order valence-electron chi connectivity index (χ1n) is 7.26. The Morgan fingerprint density at radius 1 is 0.952 bits per heavy atom. The van der Waals surface area contributed by atoms with Gasteiger partial charge in [0, 0.05) is 5.39 Å². The quantitative estimate of drug-likeness (QED) is 0.793. The summed E-state index contributed by atoms with van der Waals surface area (Å²) in [5.74, 6) is 0.882. The van der Waals surface area contributed by atoms with Crippen molar-refractivity contribution in [2.45, 2.75) is 38.9 Å². The van der Waals surface area contributed by atoms with E-state index in [1.54, 1.807) is 7.11 Å². The van der Waals surface area contributed by atoms with Crippen molar-refractivity contribution in [1.29, 1.82) is 0 Å². The molecule has 2 aromatic carbocycles. The molecular formula is C17H21BO3. The SMILES string of the molecule is COc1cccc2cc(B3OC(C)(C)C(C)(C)O3)ccc12. The van der Waals surface area contributed by atoms with Gasteiger partial charge in [0.05, 0.1) is 18.3 Å². The highest BCUT2D eigenvalue weighted by Crippen LogP contribution is 2.36. The lowest BCUT2D eigenvalue weighted by Gasteiger charge is -2.32. The molecule has 0 amide bonds. The smallest absolute Gasteiger partial charge is 0.494 e. The van der Waals surface area contributed by atoms with Crippen molar-refractivity contribution in [1.82, 2.24) is 0 Å². The van der Waals surface area contributed by atoms with E-state index in [2.05, 4.69) is 45.9 Å². The maximum absolute atomic E-state index is 6.10. The molecule has 4 heteroatoms. The van der Waals surface area contributed by atoms with Gasteiger partial charge >= 0.3 is 7.12 Å². The van der Waals surface area contributed by atoms with E-state index in [9.17, 15) is 0 Å². The second-order valence-corrected chi connectivity index (χ2v) is 6.53. The van der Waals surface area contributed by atoms with Crippen LogP contribution in [0.4, 0.5) is 0 Å². The summed E-state index contributed by atoms with van der Waals surface area (Å²) in [7, 11) is 1.36. The topological polar surface area (TPSA) is 27.7 Å². The second-order valence-electron chi connectivity index (χ2n) is 6.53. The molecule has 3 nitrogen and oxygen atoms in total. The van der Waals surface area contributed by atoms with Crippen LogP contribution in [0.2, 0.25) is 0 Å². The Morgan fingerprint density at radius 2 is 1.62 bits per heavy atom. The van der Waals surface area contributed by atoms with Gasteiger partial charge in [0.2, 0.25) is 0 Å². The molecule has 0 N–H and O–H groups in total. The van der Waals surface area contributed by atoms with Crippen LogP contribution in [0, 0.1) is 0 Å². The van der Waals surface area contributed by atoms with Crippen molar-refractivity contribution >= 4 is 23.4 Å². The first-order chi connectivity index (χ1) is 9.84. The lowest BCUT2D eigenvalue weighted by atomic mass is 9.78. The molecule has 1 heterocycles. The third-order valence-electron chi connectivity index (χ3n) is 4.61. The molecule has 1 saturated heterocycles. The average molecular weight is 284 g/mol. The largest absolute Gasteiger partial charge is 0.496 e. The van der Waals surface area contributed by atoms with Gasteiger partial charge in [0.25, 0.3) is 0 Å². The summed E-state index contributed by atoms with van der Waals surface area (Å²) in [6.45, 7) is 8.27. The van der Waals surface area contributed by atoms with Crippen LogP contribution >= 0.6 is 0 Å². The normalized spacial score (nSPS) is 20.0. The monoisotopic (exact) mass is 284 g/mol. The van der Waals surface area contributed by atoms with Crippen molar-refractivity contribution in [3.05, 3.63) is 36.4 Å². The Balaban J connectivity index is 2.00. The van der Waals surface area contributed by atoms with Crippen LogP contribution in [0.5, 0.6) is 5.75 Å². The molecule has 0 radical (unpaired) electrons. The summed E-state index contributed by atoms with van der Waals surface area (Å²) in [5, 5.41) is 2.22. The van der Waals surface area contributed by atoms with Gasteiger partial charge in [-0.2, -0.15) is 0 Å². The molecule has 0 bridgehead atoms. The van der Waals surface area contributed by atoms with Gasteiger partial charge in [0.15, 0.2) is 0 Å². The van der Waals surface area contributed by atoms with Crippen LogP contribution in [-0.2, 0) is 9.31 Å². The number of methoxy groups -OCH3 is 1. The molecule has 2 aromatic rings. The van der Waals surface area contributed by atoms with Gasteiger partial charge in [-0.3, -0.25) is 0 Å². The van der Waals surface area contributed by atoms with E-state index >= 15 is 0 Å². The Kier molecular flexibility index (Phi) is 3.26. The molecule has 3 rings (SSSR count). The van der Waals surface area contributed by atoms with E-state index < -0.39 is 0 Å². The molecule has 0 unspecified atom stereocenters. The second kappa shape index (κ2) is 4.75. The minimum Gasteiger partial charge on any atom is -0.496 e. The fourth-order valence-electron chi connectivity index (χ4n) is 2.58. The lowest BCUT2D eigenvalue weighted by Crippen LogP contribution is -2.41. The fourth-order valence-corrected chi connectivity index (χ4v) is 2.58. The minimum absolute atomic E-state index is 0.318. The van der Waals surface area contributed by atoms with Gasteiger partial charge in [-0.05, 0) is 44.6 Å². The standard InChI is InChI=1S/C17H21BO3/c1-16(2)17(3,4)21-18(20-16)13-9-10-14-12(11-13)7-6-8-15(14)19-5/h6-11H,1-5H3. The zero-order chi connectivity index (χ0) is 15.3. The molecule has 0 aliphatic carbocycles. The molecule has 1 aliphatic rings. The third kappa shape index (κ3) is 2.32. The molecule has 1 aliphatic heterocycles. The van der Waals surface area contributed by atoms with Gasteiger partial charge in [-0.1, -0.05) is 30.3 Å². The van der Waals surface area contributed by atoms with Crippen molar-refractivity contribution in [3.63, 3.8) is 0 Å². The predicted octanol–water partition coefficient (Wildman–Crippen LogP) is 3.15. The van der Waals surface area contributed by atoms with Crippen molar-refractivity contribution in [2.75, 3.05) is 7.11 Å². The highest BCUT2D eigenvalue weighted by molar-refractivity contribution is 6.62. The Bertz CT molecular complexity index is 663. The van der Waals surface area contributed by atoms with Crippen molar-refractivity contribution in [3.8, 4) is 5.75 Å². The molecule has 110 valence electrons. The summed E-state index contributed by atoms with van der Waals surface area (Å²) in [5.41, 5.74) is 0.400. The van der Waals surface area contributed by atoms with E-state index in [4.69, 9.17) is 14.0 Å². The Morgan fingerprint density at radius 3 is 2.24 bits per heavy atom. The minimum atomic E-state index is -0.328. The van der Waals surface area contributed by atoms with Crippen LogP contribution < -0.4 is 10.2 Å². The number of ether oxygens (including phenoxy) is 1. The lowest BCUT2D eigenvalue weighted by molar-refractivity contribution is 0.00578. The third-order valence-corrected chi connectivity index (χ3v) is 4.61. The zero-order valence-corrected chi connectivity index (χ0v) is 13.3. The average Bonchev–Trinajstić information content (AvgIpc) is 2.66. The van der Waals surface area contributed by atoms with Gasteiger partial charge in [0.1, 0.15) is 5.75 Å². The van der Waals surface area contributed by atoms with Crippen LogP contribution in [-0.4, -0.2) is 25.4 Å². The van der Waals surface area contributed by atoms with Crippen molar-refractivity contribution < 1.29 is 14.0 Å². The number of hydrogen-bond donors (Lipinski definition) is 0. The van der Waals surface area contributed by atoms with Crippen LogP contribution in [0.1, 0.15) is 27.7 Å². The maximum Gasteiger partial charge on any atom is 0.494 e. The molecular weight excluding hydrogens is 263 g/mol. The highest BCUT2D eigenvalue weighted by Gasteiger charge is 2.51. The van der Waals surface area contributed by atoms with Gasteiger partial charge < -0.3 is 14.0 Å². The first kappa shape index (κ1) is 14.4. The highest BCUT2D eigenvalue weighted by atomic mass is 16.7. The fraction of sp³-hybridized carbons (Fsp3) is 0.412. The molecule has 21 heavy (non-hydrogen) atoms. The van der Waals surface area contributed by atoms with E-state index in [1.165, 1.54) is 0 Å². The number of fused-ring (bicyclic) bond motifs is 1. The summed E-state index contributed by atoms with van der Waals surface area (Å²) in [6.07, 6.45) is 0. The van der Waals surface area contributed by atoms with E-state index in [-0.39, 0.29) is 18.3 Å². The van der Waals surface area contributed by atoms with Crippen LogP contribution in [0.25, 0.3) is 10.8 Å². The number of benzene rings is 2. The van der Waals surface area contributed by atoms with E-state index in [0.29, 0.717) is 0 Å². The first-order valence-corrected chi connectivity index (χ1v) is 7.26.